The highest BCUT2D eigenvalue weighted by atomic mass is 32.1. The number of methoxy groups -OCH3 is 1. The van der Waals surface area contributed by atoms with Crippen LogP contribution in [0, 0.1) is 0 Å². The minimum absolute atomic E-state index is 0.419. The summed E-state index contributed by atoms with van der Waals surface area (Å²) in [6.07, 6.45) is 2.56. The van der Waals surface area contributed by atoms with E-state index in [4.69, 9.17) is 22.7 Å². The molecule has 132 valence electrons. The number of nitrogens with two attached hydrogens (primary N) is 1. The summed E-state index contributed by atoms with van der Waals surface area (Å²) < 4.78 is 5.21. The summed E-state index contributed by atoms with van der Waals surface area (Å²) in [6, 6.07) is 16.7. The lowest BCUT2D eigenvalue weighted by Crippen LogP contribution is -2.34. The van der Waals surface area contributed by atoms with E-state index in [0.29, 0.717) is 18.2 Å². The molecule has 1 aliphatic rings. The first-order chi connectivity index (χ1) is 12.2. The fraction of sp³-hybridized carbons (Fsp3) is 0.350. The van der Waals surface area contributed by atoms with Crippen LogP contribution in [-0.2, 0) is 13.1 Å². The van der Waals surface area contributed by atoms with E-state index in [1.807, 2.05) is 29.2 Å². The van der Waals surface area contributed by atoms with Crippen molar-refractivity contribution >= 4 is 23.0 Å². The van der Waals surface area contributed by atoms with Crippen LogP contribution in [0.1, 0.15) is 24.0 Å². The van der Waals surface area contributed by atoms with Crippen molar-refractivity contribution in [3.63, 3.8) is 0 Å². The molecule has 1 heterocycles. The molecule has 0 bridgehead atoms. The van der Waals surface area contributed by atoms with Crippen LogP contribution in [-0.4, -0.2) is 30.2 Å². The maximum atomic E-state index is 5.97. The lowest BCUT2D eigenvalue weighted by atomic mass is 10.1. The number of hydrogen-bond acceptors (Lipinski definition) is 3. The number of nitrogens with zero attached hydrogens (tertiary/aromatic N) is 2. The Morgan fingerprint density at radius 1 is 1.08 bits per heavy atom. The Hall–Kier alpha value is -2.27. The second-order valence-corrected chi connectivity index (χ2v) is 6.82. The number of hydrogen-bond donors (Lipinski definition) is 1. The number of rotatable bonds is 6. The summed E-state index contributed by atoms with van der Waals surface area (Å²) in [5.74, 6) is 0.851. The van der Waals surface area contributed by atoms with Crippen molar-refractivity contribution in [2.45, 2.75) is 25.9 Å². The first-order valence-electron chi connectivity index (χ1n) is 8.67. The molecule has 25 heavy (non-hydrogen) atoms. The summed E-state index contributed by atoms with van der Waals surface area (Å²) >= 11 is 5.27. The van der Waals surface area contributed by atoms with Gasteiger partial charge in [0.25, 0.3) is 0 Å². The largest absolute Gasteiger partial charge is 0.497 e. The zero-order valence-corrected chi connectivity index (χ0v) is 15.5. The zero-order valence-electron chi connectivity index (χ0n) is 14.6. The molecule has 0 aliphatic carbocycles. The molecular formula is C20H25N3OS. The first-order valence-corrected chi connectivity index (χ1v) is 9.08. The van der Waals surface area contributed by atoms with Gasteiger partial charge in [0, 0.05) is 31.9 Å². The molecule has 2 aromatic carbocycles. The van der Waals surface area contributed by atoms with Gasteiger partial charge in [-0.05, 0) is 60.5 Å². The quantitative estimate of drug-likeness (QED) is 0.803. The third kappa shape index (κ3) is 4.63. The molecule has 1 saturated heterocycles. The lowest BCUT2D eigenvalue weighted by molar-refractivity contribution is 0.405. The number of thiocarbonyl (C=S) groups is 1. The summed E-state index contributed by atoms with van der Waals surface area (Å²) in [4.78, 5) is 4.47. The number of ether oxygens (including phenoxy) is 1. The molecule has 0 atom stereocenters. The second kappa shape index (κ2) is 8.21. The van der Waals surface area contributed by atoms with E-state index in [1.54, 1.807) is 7.11 Å². The predicted molar refractivity (Wildman–Crippen MR) is 107 cm³/mol. The average Bonchev–Trinajstić information content (AvgIpc) is 3.17. The smallest absolute Gasteiger partial charge is 0.166 e. The van der Waals surface area contributed by atoms with Crippen LogP contribution < -0.4 is 15.4 Å². The Kier molecular flexibility index (Phi) is 5.76. The van der Waals surface area contributed by atoms with Crippen LogP contribution in [0.15, 0.2) is 48.5 Å². The highest BCUT2D eigenvalue weighted by Crippen LogP contribution is 2.22. The molecule has 0 aromatic heterocycles. The van der Waals surface area contributed by atoms with Gasteiger partial charge in [0.05, 0.1) is 7.11 Å². The van der Waals surface area contributed by atoms with Crippen LogP contribution in [0.5, 0.6) is 5.75 Å². The SMILES string of the molecule is COc1ccc(CN(Cc2cccc(N3CCCC3)c2)C(N)=S)cc1. The molecule has 2 N–H and O–H groups in total. The van der Waals surface area contributed by atoms with E-state index in [9.17, 15) is 0 Å². The third-order valence-electron chi connectivity index (χ3n) is 4.60. The van der Waals surface area contributed by atoms with Crippen molar-refractivity contribution in [3.8, 4) is 5.75 Å². The highest BCUT2D eigenvalue weighted by Gasteiger charge is 2.14. The van der Waals surface area contributed by atoms with Gasteiger partial charge in [0.2, 0.25) is 0 Å². The van der Waals surface area contributed by atoms with Crippen LogP contribution in [0.25, 0.3) is 0 Å². The van der Waals surface area contributed by atoms with Gasteiger partial charge in [-0.3, -0.25) is 0 Å². The molecule has 4 nitrogen and oxygen atoms in total. The van der Waals surface area contributed by atoms with Gasteiger partial charge in [-0.15, -0.1) is 0 Å². The monoisotopic (exact) mass is 355 g/mol. The van der Waals surface area contributed by atoms with E-state index >= 15 is 0 Å². The maximum absolute atomic E-state index is 5.97. The molecule has 0 radical (unpaired) electrons. The van der Waals surface area contributed by atoms with Crippen LogP contribution in [0.2, 0.25) is 0 Å². The van der Waals surface area contributed by atoms with E-state index in [1.165, 1.54) is 24.1 Å². The fourth-order valence-electron chi connectivity index (χ4n) is 3.21. The van der Waals surface area contributed by atoms with Crippen LogP contribution in [0.4, 0.5) is 5.69 Å². The van der Waals surface area contributed by atoms with Gasteiger partial charge in [0.15, 0.2) is 5.11 Å². The van der Waals surface area contributed by atoms with Crippen molar-refractivity contribution < 1.29 is 4.74 Å². The summed E-state index contributed by atoms with van der Waals surface area (Å²) in [6.45, 7) is 3.69. The summed E-state index contributed by atoms with van der Waals surface area (Å²) in [5, 5.41) is 0.419. The average molecular weight is 356 g/mol. The zero-order chi connectivity index (χ0) is 17.6. The Balaban J connectivity index is 1.70. The lowest BCUT2D eigenvalue weighted by Gasteiger charge is -2.24. The van der Waals surface area contributed by atoms with Gasteiger partial charge >= 0.3 is 0 Å². The van der Waals surface area contributed by atoms with Gasteiger partial charge < -0.3 is 20.3 Å². The van der Waals surface area contributed by atoms with Crippen LogP contribution in [0.3, 0.4) is 0 Å². The summed E-state index contributed by atoms with van der Waals surface area (Å²) in [5.41, 5.74) is 9.65. The van der Waals surface area contributed by atoms with E-state index in [2.05, 4.69) is 29.2 Å². The van der Waals surface area contributed by atoms with Gasteiger partial charge in [-0.25, -0.2) is 0 Å². The molecule has 5 heteroatoms. The fourth-order valence-corrected chi connectivity index (χ4v) is 3.34. The van der Waals surface area contributed by atoms with Crippen molar-refractivity contribution in [2.24, 2.45) is 5.73 Å². The minimum atomic E-state index is 0.419. The Bertz CT molecular complexity index is 711. The normalized spacial score (nSPS) is 13.7. The van der Waals surface area contributed by atoms with Crippen molar-refractivity contribution in [1.29, 1.82) is 0 Å². The third-order valence-corrected chi connectivity index (χ3v) is 4.86. The maximum Gasteiger partial charge on any atom is 0.166 e. The Labute approximate surface area is 155 Å². The number of anilines is 1. The van der Waals surface area contributed by atoms with Crippen molar-refractivity contribution in [3.05, 3.63) is 59.7 Å². The molecule has 1 fully saturated rings. The molecule has 0 unspecified atom stereocenters. The molecule has 0 saturated carbocycles. The predicted octanol–water partition coefficient (Wildman–Crippen LogP) is 3.54. The highest BCUT2D eigenvalue weighted by molar-refractivity contribution is 7.80. The Morgan fingerprint density at radius 3 is 2.40 bits per heavy atom. The first kappa shape index (κ1) is 17.5. The van der Waals surface area contributed by atoms with Gasteiger partial charge in [-0.2, -0.15) is 0 Å². The molecule has 0 spiro atoms. The Morgan fingerprint density at radius 2 is 1.76 bits per heavy atom. The van der Waals surface area contributed by atoms with Gasteiger partial charge in [0.1, 0.15) is 5.75 Å². The second-order valence-electron chi connectivity index (χ2n) is 6.41. The molecular weight excluding hydrogens is 330 g/mol. The topological polar surface area (TPSA) is 41.7 Å². The van der Waals surface area contributed by atoms with E-state index < -0.39 is 0 Å². The molecule has 0 amide bonds. The van der Waals surface area contributed by atoms with Crippen LogP contribution >= 0.6 is 12.2 Å². The van der Waals surface area contributed by atoms with Crippen molar-refractivity contribution in [2.75, 3.05) is 25.1 Å². The molecule has 2 aromatic rings. The summed E-state index contributed by atoms with van der Waals surface area (Å²) in [7, 11) is 1.67. The molecule has 3 rings (SSSR count). The standard InChI is InChI=1S/C20H25N3OS/c1-24-19-9-7-16(8-10-19)14-23(20(21)25)15-17-5-4-6-18(13-17)22-11-2-3-12-22/h4-10,13H,2-3,11-12,14-15H2,1H3,(H2,21,25). The van der Waals surface area contributed by atoms with Crippen molar-refractivity contribution in [1.82, 2.24) is 4.90 Å². The minimum Gasteiger partial charge on any atom is -0.497 e. The number of benzene rings is 2. The van der Waals surface area contributed by atoms with E-state index in [-0.39, 0.29) is 0 Å². The van der Waals surface area contributed by atoms with Gasteiger partial charge in [-0.1, -0.05) is 24.3 Å². The van der Waals surface area contributed by atoms with E-state index in [0.717, 1.165) is 24.4 Å². The molecule has 1 aliphatic heterocycles.